The van der Waals surface area contributed by atoms with Gasteiger partial charge in [-0.05, 0) is 36.6 Å². The molecule has 2 aromatic rings. The second kappa shape index (κ2) is 9.21. The third-order valence-corrected chi connectivity index (χ3v) is 4.88. The van der Waals surface area contributed by atoms with Gasteiger partial charge in [-0.25, -0.2) is 0 Å². The summed E-state index contributed by atoms with van der Waals surface area (Å²) in [4.78, 5) is 6.88. The summed E-state index contributed by atoms with van der Waals surface area (Å²) in [5.74, 6) is 3.06. The topological polar surface area (TPSA) is 81.3 Å². The SMILES string of the molecule is COc1cccc(N2CCC(CN=C(N)Nc3ccc(OC)c(OC)c3)C2)c1. The fraction of sp³-hybridized carbons (Fsp3) is 0.381. The lowest BCUT2D eigenvalue weighted by Gasteiger charge is -2.19. The van der Waals surface area contributed by atoms with E-state index >= 15 is 0 Å². The standard InChI is InChI=1S/C21H28N4O3/c1-26-18-6-4-5-17(12-18)25-10-9-15(14-25)13-23-21(22)24-16-7-8-19(27-2)20(11-16)28-3/h4-8,11-12,15H,9-10,13-14H2,1-3H3,(H3,22,23,24). The maximum Gasteiger partial charge on any atom is 0.193 e. The molecule has 150 valence electrons. The van der Waals surface area contributed by atoms with Crippen molar-refractivity contribution in [3.05, 3.63) is 42.5 Å². The quantitative estimate of drug-likeness (QED) is 0.564. The zero-order valence-electron chi connectivity index (χ0n) is 16.6. The van der Waals surface area contributed by atoms with Crippen LogP contribution in [0.5, 0.6) is 17.2 Å². The molecule has 0 radical (unpaired) electrons. The average Bonchev–Trinajstić information content (AvgIpc) is 3.21. The molecule has 7 nitrogen and oxygen atoms in total. The van der Waals surface area contributed by atoms with Crippen molar-refractivity contribution in [1.82, 2.24) is 0 Å². The van der Waals surface area contributed by atoms with Gasteiger partial charge in [0.2, 0.25) is 0 Å². The van der Waals surface area contributed by atoms with Crippen LogP contribution in [0, 0.1) is 5.92 Å². The van der Waals surface area contributed by atoms with Crippen LogP contribution in [0.25, 0.3) is 0 Å². The minimum Gasteiger partial charge on any atom is -0.497 e. The Hall–Kier alpha value is -3.09. The molecule has 28 heavy (non-hydrogen) atoms. The number of benzene rings is 2. The third kappa shape index (κ3) is 4.79. The molecule has 1 aliphatic heterocycles. The van der Waals surface area contributed by atoms with Gasteiger partial charge in [0.25, 0.3) is 0 Å². The number of hydrogen-bond acceptors (Lipinski definition) is 5. The van der Waals surface area contributed by atoms with Crippen molar-refractivity contribution in [3.63, 3.8) is 0 Å². The number of anilines is 2. The van der Waals surface area contributed by atoms with E-state index in [0.717, 1.165) is 30.9 Å². The van der Waals surface area contributed by atoms with E-state index in [2.05, 4.69) is 27.3 Å². The van der Waals surface area contributed by atoms with Crippen molar-refractivity contribution < 1.29 is 14.2 Å². The molecule has 0 amide bonds. The van der Waals surface area contributed by atoms with Gasteiger partial charge in [0.05, 0.1) is 21.3 Å². The Morgan fingerprint density at radius 1 is 1.11 bits per heavy atom. The lowest BCUT2D eigenvalue weighted by molar-refractivity contribution is 0.355. The Bertz CT molecular complexity index is 825. The van der Waals surface area contributed by atoms with E-state index in [1.165, 1.54) is 5.69 Å². The third-order valence-electron chi connectivity index (χ3n) is 4.88. The van der Waals surface area contributed by atoms with Crippen molar-refractivity contribution >= 4 is 17.3 Å². The summed E-state index contributed by atoms with van der Waals surface area (Å²) in [6.07, 6.45) is 1.09. The van der Waals surface area contributed by atoms with Crippen LogP contribution in [-0.4, -0.2) is 46.9 Å². The molecule has 1 aliphatic rings. The highest BCUT2D eigenvalue weighted by Crippen LogP contribution is 2.30. The Kier molecular flexibility index (Phi) is 6.47. The minimum absolute atomic E-state index is 0.395. The zero-order chi connectivity index (χ0) is 19.9. The number of nitrogens with two attached hydrogens (primary N) is 1. The maximum atomic E-state index is 6.07. The highest BCUT2D eigenvalue weighted by atomic mass is 16.5. The molecule has 3 N–H and O–H groups in total. The summed E-state index contributed by atoms with van der Waals surface area (Å²) in [7, 11) is 4.90. The molecule has 2 aromatic carbocycles. The van der Waals surface area contributed by atoms with Gasteiger partial charge in [-0.15, -0.1) is 0 Å². The molecule has 3 rings (SSSR count). The number of nitrogens with zero attached hydrogens (tertiary/aromatic N) is 2. The number of rotatable bonds is 7. The summed E-state index contributed by atoms with van der Waals surface area (Å²) in [6.45, 7) is 2.66. The van der Waals surface area contributed by atoms with Crippen LogP contribution in [0.3, 0.4) is 0 Å². The summed E-state index contributed by atoms with van der Waals surface area (Å²) in [6, 6.07) is 13.7. The summed E-state index contributed by atoms with van der Waals surface area (Å²) >= 11 is 0. The van der Waals surface area contributed by atoms with Crippen molar-refractivity contribution in [2.45, 2.75) is 6.42 Å². The molecule has 0 aromatic heterocycles. The van der Waals surface area contributed by atoms with Gasteiger partial charge in [-0.2, -0.15) is 0 Å². The fourth-order valence-electron chi connectivity index (χ4n) is 3.35. The largest absolute Gasteiger partial charge is 0.497 e. The number of ether oxygens (including phenoxy) is 3. The maximum absolute atomic E-state index is 6.07. The lowest BCUT2D eigenvalue weighted by Crippen LogP contribution is -2.25. The molecule has 0 spiro atoms. The number of aliphatic imine (C=N–C) groups is 1. The van der Waals surface area contributed by atoms with Gasteiger partial charge < -0.3 is 30.2 Å². The van der Waals surface area contributed by atoms with E-state index in [0.29, 0.717) is 29.9 Å². The van der Waals surface area contributed by atoms with Crippen LogP contribution in [0.15, 0.2) is 47.5 Å². The molecule has 1 heterocycles. The van der Waals surface area contributed by atoms with Gasteiger partial charge >= 0.3 is 0 Å². The van der Waals surface area contributed by atoms with Crippen molar-refractivity contribution in [2.24, 2.45) is 16.6 Å². The van der Waals surface area contributed by atoms with Gasteiger partial charge in [0.1, 0.15) is 5.75 Å². The van der Waals surface area contributed by atoms with Crippen LogP contribution in [-0.2, 0) is 0 Å². The highest BCUT2D eigenvalue weighted by molar-refractivity contribution is 5.92. The monoisotopic (exact) mass is 384 g/mol. The number of methoxy groups -OCH3 is 3. The van der Waals surface area contributed by atoms with Gasteiger partial charge in [-0.1, -0.05) is 6.07 Å². The van der Waals surface area contributed by atoms with Gasteiger partial charge in [-0.3, -0.25) is 4.99 Å². The second-order valence-corrected chi connectivity index (χ2v) is 6.72. The number of hydrogen-bond donors (Lipinski definition) is 2. The van der Waals surface area contributed by atoms with Crippen LogP contribution >= 0.6 is 0 Å². The predicted molar refractivity (Wildman–Crippen MR) is 113 cm³/mol. The Labute approximate surface area is 166 Å². The molecule has 0 saturated carbocycles. The lowest BCUT2D eigenvalue weighted by atomic mass is 10.1. The fourth-order valence-corrected chi connectivity index (χ4v) is 3.35. The van der Waals surface area contributed by atoms with E-state index < -0.39 is 0 Å². The molecule has 0 bridgehead atoms. The highest BCUT2D eigenvalue weighted by Gasteiger charge is 2.22. The average molecular weight is 384 g/mol. The second-order valence-electron chi connectivity index (χ2n) is 6.72. The van der Waals surface area contributed by atoms with Crippen molar-refractivity contribution in [1.29, 1.82) is 0 Å². The van der Waals surface area contributed by atoms with E-state index in [1.807, 2.05) is 30.3 Å². The molecule has 1 atom stereocenters. The molecule has 1 unspecified atom stereocenters. The Morgan fingerprint density at radius 2 is 1.93 bits per heavy atom. The zero-order valence-corrected chi connectivity index (χ0v) is 16.6. The van der Waals surface area contributed by atoms with Crippen LogP contribution in [0.2, 0.25) is 0 Å². The first-order valence-corrected chi connectivity index (χ1v) is 9.31. The predicted octanol–water partition coefficient (Wildman–Crippen LogP) is 2.97. The summed E-state index contributed by atoms with van der Waals surface area (Å²) < 4.78 is 15.9. The number of nitrogens with one attached hydrogen (secondary N) is 1. The first kappa shape index (κ1) is 19.7. The Morgan fingerprint density at radius 3 is 2.68 bits per heavy atom. The van der Waals surface area contributed by atoms with E-state index in [-0.39, 0.29) is 0 Å². The first-order chi connectivity index (χ1) is 13.6. The molecular formula is C21H28N4O3. The molecule has 1 saturated heterocycles. The van der Waals surface area contributed by atoms with Gasteiger partial charge in [0.15, 0.2) is 17.5 Å². The smallest absolute Gasteiger partial charge is 0.193 e. The molecule has 7 heteroatoms. The molecule has 0 aliphatic carbocycles. The Balaban J connectivity index is 1.55. The van der Waals surface area contributed by atoms with Gasteiger partial charge in [0, 0.05) is 43.1 Å². The van der Waals surface area contributed by atoms with Crippen molar-refractivity contribution in [3.8, 4) is 17.2 Å². The first-order valence-electron chi connectivity index (χ1n) is 9.31. The van der Waals surface area contributed by atoms with E-state index in [4.69, 9.17) is 19.9 Å². The van der Waals surface area contributed by atoms with Crippen molar-refractivity contribution in [2.75, 3.05) is 51.2 Å². The van der Waals surface area contributed by atoms with Crippen LogP contribution in [0.1, 0.15) is 6.42 Å². The van der Waals surface area contributed by atoms with Crippen LogP contribution < -0.4 is 30.2 Å². The van der Waals surface area contributed by atoms with E-state index in [9.17, 15) is 0 Å². The van der Waals surface area contributed by atoms with E-state index in [1.54, 1.807) is 21.3 Å². The molecular weight excluding hydrogens is 356 g/mol. The minimum atomic E-state index is 0.395. The summed E-state index contributed by atoms with van der Waals surface area (Å²) in [5.41, 5.74) is 8.06. The van der Waals surface area contributed by atoms with Crippen LogP contribution in [0.4, 0.5) is 11.4 Å². The summed E-state index contributed by atoms with van der Waals surface area (Å²) in [5, 5.41) is 3.11. The number of guanidine groups is 1. The molecule has 1 fully saturated rings. The normalized spacial score (nSPS) is 16.8.